The van der Waals surface area contributed by atoms with Crippen LogP contribution in [0, 0.1) is 0 Å². The lowest BCUT2D eigenvalue weighted by atomic mass is 10.1. The summed E-state index contributed by atoms with van der Waals surface area (Å²) in [6.07, 6.45) is 1.08. The molecule has 18 heavy (non-hydrogen) atoms. The van der Waals surface area contributed by atoms with E-state index in [1.165, 1.54) is 11.1 Å². The number of hydrogen-bond donors (Lipinski definition) is 1. The zero-order valence-corrected chi connectivity index (χ0v) is 12.1. The van der Waals surface area contributed by atoms with Crippen molar-refractivity contribution in [1.29, 1.82) is 0 Å². The van der Waals surface area contributed by atoms with Gasteiger partial charge >= 0.3 is 0 Å². The highest BCUT2D eigenvalue weighted by molar-refractivity contribution is 9.10. The molecular formula is C15H17BrN2. The number of rotatable bonds is 5. The van der Waals surface area contributed by atoms with Gasteiger partial charge in [0.2, 0.25) is 0 Å². The first-order chi connectivity index (χ1) is 8.79. The molecule has 0 atom stereocenters. The first kappa shape index (κ1) is 13.2. The second kappa shape index (κ2) is 6.66. The van der Waals surface area contributed by atoms with Crippen molar-refractivity contribution in [3.05, 3.63) is 63.9 Å². The van der Waals surface area contributed by atoms with Crippen molar-refractivity contribution < 1.29 is 0 Å². The fourth-order valence-corrected chi connectivity index (χ4v) is 2.33. The van der Waals surface area contributed by atoms with Crippen LogP contribution < -0.4 is 5.32 Å². The molecule has 0 amide bonds. The largest absolute Gasteiger partial charge is 0.307 e. The third-order valence-corrected chi connectivity index (χ3v) is 3.34. The number of nitrogens with zero attached hydrogens (tertiary/aromatic N) is 1. The quantitative estimate of drug-likeness (QED) is 0.852. The Balaban J connectivity index is 1.92. The first-order valence-electron chi connectivity index (χ1n) is 6.18. The smallest absolute Gasteiger partial charge is 0.106 e. The van der Waals surface area contributed by atoms with Crippen molar-refractivity contribution in [2.24, 2.45) is 0 Å². The van der Waals surface area contributed by atoms with E-state index in [4.69, 9.17) is 0 Å². The summed E-state index contributed by atoms with van der Waals surface area (Å²) in [5.41, 5.74) is 3.83. The van der Waals surface area contributed by atoms with Gasteiger partial charge in [-0.05, 0) is 45.6 Å². The molecule has 1 heterocycles. The topological polar surface area (TPSA) is 24.9 Å². The van der Waals surface area contributed by atoms with Gasteiger partial charge in [0.05, 0.1) is 5.69 Å². The summed E-state index contributed by atoms with van der Waals surface area (Å²) in [4.78, 5) is 4.40. The van der Waals surface area contributed by atoms with Crippen LogP contribution in [0.3, 0.4) is 0 Å². The van der Waals surface area contributed by atoms with Crippen LogP contribution >= 0.6 is 15.9 Å². The predicted octanol–water partition coefficient (Wildman–Crippen LogP) is 3.70. The number of hydrogen-bond acceptors (Lipinski definition) is 2. The maximum Gasteiger partial charge on any atom is 0.106 e. The van der Waals surface area contributed by atoms with Crippen LogP contribution in [0.15, 0.2) is 47.1 Å². The molecule has 0 radical (unpaired) electrons. The van der Waals surface area contributed by atoms with E-state index in [1.807, 2.05) is 18.2 Å². The van der Waals surface area contributed by atoms with Crippen molar-refractivity contribution in [2.45, 2.75) is 26.4 Å². The van der Waals surface area contributed by atoms with Gasteiger partial charge < -0.3 is 5.32 Å². The van der Waals surface area contributed by atoms with Crippen LogP contribution in [0.1, 0.15) is 23.7 Å². The van der Waals surface area contributed by atoms with Crippen molar-refractivity contribution >= 4 is 15.9 Å². The SMILES string of the molecule is CCc1ccccc1CNCc1cccc(Br)n1. The molecular weight excluding hydrogens is 288 g/mol. The molecule has 2 rings (SSSR count). The predicted molar refractivity (Wildman–Crippen MR) is 78.3 cm³/mol. The van der Waals surface area contributed by atoms with Crippen LogP contribution in [0.25, 0.3) is 0 Å². The third kappa shape index (κ3) is 3.65. The molecule has 0 aliphatic rings. The lowest BCUT2D eigenvalue weighted by molar-refractivity contribution is 0.674. The highest BCUT2D eigenvalue weighted by atomic mass is 79.9. The van der Waals surface area contributed by atoms with E-state index < -0.39 is 0 Å². The average Bonchev–Trinajstić information content (AvgIpc) is 2.39. The van der Waals surface area contributed by atoms with Gasteiger partial charge in [0.1, 0.15) is 4.60 Å². The van der Waals surface area contributed by atoms with Crippen molar-refractivity contribution in [3.63, 3.8) is 0 Å². The second-order valence-corrected chi connectivity index (χ2v) is 4.99. The molecule has 0 saturated carbocycles. The Hall–Kier alpha value is -1.19. The monoisotopic (exact) mass is 304 g/mol. The van der Waals surface area contributed by atoms with Gasteiger partial charge in [0.15, 0.2) is 0 Å². The normalized spacial score (nSPS) is 10.6. The fraction of sp³-hybridized carbons (Fsp3) is 0.267. The standard InChI is InChI=1S/C15H17BrN2/c1-2-12-6-3-4-7-13(12)10-17-11-14-8-5-9-15(16)18-14/h3-9,17H,2,10-11H2,1H3. The molecule has 3 heteroatoms. The van der Waals surface area contributed by atoms with Gasteiger partial charge in [-0.3, -0.25) is 0 Å². The molecule has 0 aliphatic heterocycles. The highest BCUT2D eigenvalue weighted by Crippen LogP contribution is 2.10. The minimum atomic E-state index is 0.789. The maximum atomic E-state index is 4.40. The van der Waals surface area contributed by atoms with Crippen molar-refractivity contribution in [2.75, 3.05) is 0 Å². The third-order valence-electron chi connectivity index (χ3n) is 2.89. The maximum absolute atomic E-state index is 4.40. The van der Waals surface area contributed by atoms with Gasteiger partial charge in [-0.2, -0.15) is 0 Å². The zero-order chi connectivity index (χ0) is 12.8. The second-order valence-electron chi connectivity index (χ2n) is 4.18. The zero-order valence-electron chi connectivity index (χ0n) is 10.5. The Kier molecular flexibility index (Phi) is 4.90. The van der Waals surface area contributed by atoms with E-state index in [9.17, 15) is 0 Å². The molecule has 0 spiro atoms. The number of pyridine rings is 1. The number of aryl methyl sites for hydroxylation is 1. The summed E-state index contributed by atoms with van der Waals surface area (Å²) in [5, 5.41) is 3.44. The number of nitrogens with one attached hydrogen (secondary N) is 1. The first-order valence-corrected chi connectivity index (χ1v) is 6.98. The van der Waals surface area contributed by atoms with Crippen LogP contribution in [0.4, 0.5) is 0 Å². The average molecular weight is 305 g/mol. The van der Waals surface area contributed by atoms with E-state index in [0.717, 1.165) is 29.8 Å². The molecule has 0 aliphatic carbocycles. The molecule has 94 valence electrons. The van der Waals surface area contributed by atoms with Gasteiger partial charge in [-0.1, -0.05) is 37.3 Å². The number of halogens is 1. The van der Waals surface area contributed by atoms with E-state index in [0.29, 0.717) is 0 Å². The van der Waals surface area contributed by atoms with E-state index >= 15 is 0 Å². The van der Waals surface area contributed by atoms with Gasteiger partial charge in [-0.25, -0.2) is 4.98 Å². The molecule has 2 aromatic rings. The summed E-state index contributed by atoms with van der Waals surface area (Å²) in [6.45, 7) is 3.87. The molecule has 1 N–H and O–H groups in total. The van der Waals surface area contributed by atoms with Gasteiger partial charge in [0.25, 0.3) is 0 Å². The Morgan fingerprint density at radius 2 is 1.78 bits per heavy atom. The fourth-order valence-electron chi connectivity index (χ4n) is 1.95. The lowest BCUT2D eigenvalue weighted by Crippen LogP contribution is -2.14. The highest BCUT2D eigenvalue weighted by Gasteiger charge is 2.00. The van der Waals surface area contributed by atoms with Crippen molar-refractivity contribution in [3.8, 4) is 0 Å². The van der Waals surface area contributed by atoms with E-state index in [-0.39, 0.29) is 0 Å². The van der Waals surface area contributed by atoms with Crippen LogP contribution in [0.5, 0.6) is 0 Å². The molecule has 0 fully saturated rings. The van der Waals surface area contributed by atoms with E-state index in [1.54, 1.807) is 0 Å². The minimum absolute atomic E-state index is 0.789. The summed E-state index contributed by atoms with van der Waals surface area (Å²) in [6, 6.07) is 14.5. The molecule has 1 aromatic heterocycles. The van der Waals surface area contributed by atoms with Crippen LogP contribution in [-0.2, 0) is 19.5 Å². The van der Waals surface area contributed by atoms with Gasteiger partial charge in [0, 0.05) is 13.1 Å². The van der Waals surface area contributed by atoms with Crippen LogP contribution in [-0.4, -0.2) is 4.98 Å². The lowest BCUT2D eigenvalue weighted by Gasteiger charge is -2.09. The molecule has 0 bridgehead atoms. The van der Waals surface area contributed by atoms with E-state index in [2.05, 4.69) is 57.4 Å². The molecule has 0 unspecified atom stereocenters. The van der Waals surface area contributed by atoms with Crippen LogP contribution in [0.2, 0.25) is 0 Å². The summed E-state index contributed by atoms with van der Waals surface area (Å²) < 4.78 is 0.885. The molecule has 0 saturated heterocycles. The number of benzene rings is 1. The summed E-state index contributed by atoms with van der Waals surface area (Å²) in [5.74, 6) is 0. The minimum Gasteiger partial charge on any atom is -0.307 e. The number of aromatic nitrogens is 1. The summed E-state index contributed by atoms with van der Waals surface area (Å²) in [7, 11) is 0. The Bertz CT molecular complexity index is 511. The molecule has 1 aromatic carbocycles. The molecule has 2 nitrogen and oxygen atoms in total. The Labute approximate surface area is 117 Å². The Morgan fingerprint density at radius 1 is 1.00 bits per heavy atom. The van der Waals surface area contributed by atoms with Gasteiger partial charge in [-0.15, -0.1) is 0 Å². The van der Waals surface area contributed by atoms with Crippen molar-refractivity contribution in [1.82, 2.24) is 10.3 Å². The summed E-state index contributed by atoms with van der Waals surface area (Å²) >= 11 is 3.38. The Morgan fingerprint density at radius 3 is 2.50 bits per heavy atom.